The Labute approximate surface area is 299 Å². The fourth-order valence-electron chi connectivity index (χ4n) is 5.04. The number of benzene rings is 4. The van der Waals surface area contributed by atoms with Crippen LogP contribution in [-0.4, -0.2) is 20.9 Å². The fraction of sp³-hybridized carbons (Fsp3) is 0.233. The van der Waals surface area contributed by atoms with E-state index in [9.17, 15) is 4.79 Å². The normalized spacial score (nSPS) is 11.5. The molecular formula is C43H44IrN2O2-2. The van der Waals surface area contributed by atoms with Gasteiger partial charge in [0.05, 0.1) is 5.76 Å². The van der Waals surface area contributed by atoms with Crippen LogP contribution >= 0.6 is 0 Å². The molecule has 249 valence electrons. The number of fused-ring (bicyclic) bond motifs is 2. The van der Waals surface area contributed by atoms with Crippen LogP contribution in [0.5, 0.6) is 0 Å². The van der Waals surface area contributed by atoms with Gasteiger partial charge in [-0.2, -0.15) is 0 Å². The number of nitrogens with zero attached hydrogens (tertiary/aromatic N) is 2. The number of carbonyl (C=O) groups is 1. The molecule has 0 saturated carbocycles. The molecular weight excluding hydrogens is 769 g/mol. The van der Waals surface area contributed by atoms with Gasteiger partial charge in [0.2, 0.25) is 0 Å². The van der Waals surface area contributed by atoms with Crippen LogP contribution < -0.4 is 0 Å². The summed E-state index contributed by atoms with van der Waals surface area (Å²) < 4.78 is 0. The van der Waals surface area contributed by atoms with E-state index >= 15 is 0 Å². The monoisotopic (exact) mass is 813 g/mol. The molecule has 0 aliphatic heterocycles. The molecule has 0 aliphatic rings. The van der Waals surface area contributed by atoms with Gasteiger partial charge in [-0.25, -0.2) is 0 Å². The molecule has 6 rings (SSSR count). The van der Waals surface area contributed by atoms with Gasteiger partial charge < -0.3 is 15.1 Å². The summed E-state index contributed by atoms with van der Waals surface area (Å²) in [6, 6.07) is 40.3. The van der Waals surface area contributed by atoms with Crippen molar-refractivity contribution in [2.24, 2.45) is 0 Å². The van der Waals surface area contributed by atoms with Crippen molar-refractivity contribution >= 4 is 27.3 Å². The van der Waals surface area contributed by atoms with Gasteiger partial charge in [0.1, 0.15) is 0 Å². The van der Waals surface area contributed by atoms with E-state index in [1.807, 2.05) is 24.5 Å². The Morgan fingerprint density at radius 2 is 1.02 bits per heavy atom. The second kappa shape index (κ2) is 16.6. The minimum atomic E-state index is -0.125. The molecule has 0 saturated heterocycles. The van der Waals surface area contributed by atoms with E-state index in [-0.39, 0.29) is 42.5 Å². The molecule has 1 radical (unpaired) electrons. The van der Waals surface area contributed by atoms with Crippen LogP contribution in [0.15, 0.2) is 121 Å². The Bertz CT molecular complexity index is 1830. The van der Waals surface area contributed by atoms with Gasteiger partial charge in [-0.3, -0.25) is 4.79 Å². The van der Waals surface area contributed by atoms with Crippen molar-refractivity contribution < 1.29 is 30.0 Å². The van der Waals surface area contributed by atoms with E-state index in [0.29, 0.717) is 0 Å². The molecule has 2 aromatic heterocycles. The molecule has 0 aliphatic carbocycles. The first-order chi connectivity index (χ1) is 22.2. The maximum Gasteiger partial charge on any atom is 0.155 e. The summed E-state index contributed by atoms with van der Waals surface area (Å²) in [6.45, 7) is 16.1. The van der Waals surface area contributed by atoms with Crippen molar-refractivity contribution in [3.8, 4) is 22.5 Å². The number of aliphatic hydroxyl groups excluding tert-OH is 1. The van der Waals surface area contributed by atoms with Crippen LogP contribution in [0.2, 0.25) is 0 Å². The first kappa shape index (κ1) is 38.0. The van der Waals surface area contributed by atoms with Gasteiger partial charge in [-0.15, -0.1) is 70.8 Å². The summed E-state index contributed by atoms with van der Waals surface area (Å²) >= 11 is 0. The summed E-state index contributed by atoms with van der Waals surface area (Å²) in [7, 11) is 0. The zero-order valence-electron chi connectivity index (χ0n) is 29.1. The average molecular weight is 813 g/mol. The molecule has 0 amide bonds. The zero-order chi connectivity index (χ0) is 34.2. The van der Waals surface area contributed by atoms with Crippen molar-refractivity contribution in [3.05, 3.63) is 145 Å². The Balaban J connectivity index is 0.000000215. The van der Waals surface area contributed by atoms with Gasteiger partial charge in [-0.1, -0.05) is 90.1 Å². The average Bonchev–Trinajstić information content (AvgIpc) is 3.03. The first-order valence-electron chi connectivity index (χ1n) is 15.8. The molecule has 48 heavy (non-hydrogen) atoms. The molecule has 0 spiro atoms. The van der Waals surface area contributed by atoms with E-state index in [2.05, 4.69) is 149 Å². The standard InChI is InChI=1S/2C19H18N.C5H8O2.Ir/c2*1-19(2,3)16-10-8-15(9-11-16)18-17-7-5-4-6-14(17)12-13-20-18;1-4(6)3-5(2)7;/h2*4-8,10-13H,1-3H3;3,6H,1-2H3;/q2*-1;;/b;;4-3-;. The summed E-state index contributed by atoms with van der Waals surface area (Å²) in [5, 5.41) is 13.1. The van der Waals surface area contributed by atoms with E-state index in [4.69, 9.17) is 5.11 Å². The summed E-state index contributed by atoms with van der Waals surface area (Å²) in [4.78, 5) is 19.1. The maximum atomic E-state index is 10.0. The largest absolute Gasteiger partial charge is 0.512 e. The molecule has 0 fully saturated rings. The Morgan fingerprint density at radius 1 is 0.625 bits per heavy atom. The minimum Gasteiger partial charge on any atom is -0.512 e. The quantitative estimate of drug-likeness (QED) is 0.110. The smallest absolute Gasteiger partial charge is 0.155 e. The second-order valence-electron chi connectivity index (χ2n) is 13.6. The molecule has 6 aromatic rings. The number of hydrogen-bond donors (Lipinski definition) is 1. The number of aliphatic hydroxyl groups is 1. The van der Waals surface area contributed by atoms with Crippen LogP contribution in [0.25, 0.3) is 44.1 Å². The third-order valence-electron chi connectivity index (χ3n) is 7.63. The minimum absolute atomic E-state index is 0. The third kappa shape index (κ3) is 10.3. The van der Waals surface area contributed by atoms with E-state index in [0.717, 1.165) is 22.5 Å². The second-order valence-corrected chi connectivity index (χ2v) is 13.6. The van der Waals surface area contributed by atoms with Crippen molar-refractivity contribution in [2.75, 3.05) is 0 Å². The molecule has 0 atom stereocenters. The van der Waals surface area contributed by atoms with Crippen LogP contribution in [0.4, 0.5) is 0 Å². The SMILES string of the molecule is CC(=O)/C=C(/C)O.CC(C)(C)c1c[c-]c(-c2nccc3ccccc23)cc1.CC(C)(C)c1c[c-]c(-c2nccc3ccccc23)cc1.[Ir]. The van der Waals surface area contributed by atoms with Crippen LogP contribution in [0.3, 0.4) is 0 Å². The molecule has 1 N–H and O–H groups in total. The van der Waals surface area contributed by atoms with Crippen molar-refractivity contribution in [1.29, 1.82) is 0 Å². The van der Waals surface area contributed by atoms with Crippen molar-refractivity contribution in [3.63, 3.8) is 0 Å². The predicted molar refractivity (Wildman–Crippen MR) is 196 cm³/mol. The van der Waals surface area contributed by atoms with Gasteiger partial charge in [-0.05, 0) is 69.7 Å². The fourth-order valence-corrected chi connectivity index (χ4v) is 5.04. The predicted octanol–water partition coefficient (Wildman–Crippen LogP) is 11.0. The molecule has 2 heterocycles. The Morgan fingerprint density at radius 3 is 1.31 bits per heavy atom. The number of carbonyl (C=O) groups excluding carboxylic acids is 1. The summed E-state index contributed by atoms with van der Waals surface area (Å²) in [6.07, 6.45) is 4.90. The van der Waals surface area contributed by atoms with Crippen molar-refractivity contribution in [2.45, 2.75) is 66.2 Å². The number of allylic oxidation sites excluding steroid dienone is 2. The number of pyridine rings is 2. The van der Waals surface area contributed by atoms with Gasteiger partial charge >= 0.3 is 0 Å². The maximum absolute atomic E-state index is 10.0. The molecule has 4 aromatic carbocycles. The number of rotatable bonds is 3. The van der Waals surface area contributed by atoms with Gasteiger partial charge in [0.15, 0.2) is 5.78 Å². The van der Waals surface area contributed by atoms with Gasteiger partial charge in [0.25, 0.3) is 0 Å². The molecule has 0 unspecified atom stereocenters. The van der Waals surface area contributed by atoms with E-state index in [1.165, 1.54) is 52.6 Å². The van der Waals surface area contributed by atoms with Crippen LogP contribution in [0, 0.1) is 12.1 Å². The topological polar surface area (TPSA) is 63.1 Å². The first-order valence-corrected chi connectivity index (χ1v) is 15.8. The third-order valence-corrected chi connectivity index (χ3v) is 7.63. The molecule has 0 bridgehead atoms. The van der Waals surface area contributed by atoms with Crippen LogP contribution in [0.1, 0.15) is 66.5 Å². The zero-order valence-corrected chi connectivity index (χ0v) is 31.4. The Kier molecular flexibility index (Phi) is 13.1. The number of hydrogen-bond acceptors (Lipinski definition) is 4. The Hall–Kier alpha value is -4.44. The summed E-state index contributed by atoms with van der Waals surface area (Å²) in [5.74, 6) is -0.0625. The van der Waals surface area contributed by atoms with Crippen LogP contribution in [-0.2, 0) is 35.7 Å². The van der Waals surface area contributed by atoms with Crippen molar-refractivity contribution in [1.82, 2.24) is 9.97 Å². The van der Waals surface area contributed by atoms with E-state index in [1.54, 1.807) is 0 Å². The number of ketones is 1. The molecule has 5 heteroatoms. The molecule has 4 nitrogen and oxygen atoms in total. The van der Waals surface area contributed by atoms with E-state index < -0.39 is 0 Å². The number of aromatic nitrogens is 2. The summed E-state index contributed by atoms with van der Waals surface area (Å²) in [5.41, 5.74) is 7.00. The van der Waals surface area contributed by atoms with Gasteiger partial charge in [0, 0.05) is 38.6 Å².